The molecule has 5 aromatic rings. The number of anilines is 1. The quantitative estimate of drug-likeness (QED) is 0.149. The molecule has 0 amide bonds. The minimum Gasteiger partial charge on any atom is -0.465 e. The topological polar surface area (TPSA) is 117 Å². The normalized spacial score (nSPS) is 14.0. The lowest BCUT2D eigenvalue weighted by atomic mass is 10.00. The highest BCUT2D eigenvalue weighted by molar-refractivity contribution is 7.18. The van der Waals surface area contributed by atoms with E-state index in [1.165, 1.54) is 34.1 Å². The van der Waals surface area contributed by atoms with Crippen molar-refractivity contribution >= 4 is 55.8 Å². The number of piperidine rings is 1. The molecule has 0 aliphatic carbocycles. The molecule has 0 spiro atoms. The van der Waals surface area contributed by atoms with Gasteiger partial charge in [-0.25, -0.2) is 14.8 Å². The van der Waals surface area contributed by atoms with Crippen molar-refractivity contribution in [3.05, 3.63) is 79.9 Å². The molecule has 4 aromatic heterocycles. The van der Waals surface area contributed by atoms with E-state index >= 15 is 0 Å². The number of methoxy groups -OCH3 is 1. The lowest BCUT2D eigenvalue weighted by Crippen LogP contribution is -2.46. The summed E-state index contributed by atoms with van der Waals surface area (Å²) in [5.41, 5.74) is 2.82. The first-order valence-corrected chi connectivity index (χ1v) is 16.7. The SMILES string of the molecule is COC(=O)c1csc2c(-c3cc(Cl)ccc3C#CCn3c(C)nc4cnc(N(C)C5CCN(CC(F)(F)F)CC5)c(C#N)c4c3=O)ccnc12. The third-order valence-electron chi connectivity index (χ3n) is 8.72. The van der Waals surface area contributed by atoms with E-state index in [-0.39, 0.29) is 48.0 Å². The van der Waals surface area contributed by atoms with Crippen molar-refractivity contribution in [2.45, 2.75) is 38.5 Å². The van der Waals surface area contributed by atoms with Gasteiger partial charge in [-0.1, -0.05) is 23.4 Å². The van der Waals surface area contributed by atoms with E-state index < -0.39 is 24.2 Å². The number of alkyl halides is 3. The first kappa shape index (κ1) is 34.8. The lowest BCUT2D eigenvalue weighted by Gasteiger charge is -2.37. The van der Waals surface area contributed by atoms with Crippen LogP contribution in [0.25, 0.3) is 32.2 Å². The fourth-order valence-corrected chi connectivity index (χ4v) is 7.42. The van der Waals surface area contributed by atoms with Crippen molar-refractivity contribution in [3.63, 3.8) is 0 Å². The van der Waals surface area contributed by atoms with Crippen LogP contribution >= 0.6 is 22.9 Å². The Morgan fingerprint density at radius 1 is 1.20 bits per heavy atom. The summed E-state index contributed by atoms with van der Waals surface area (Å²) < 4.78 is 45.7. The highest BCUT2D eigenvalue weighted by Gasteiger charge is 2.34. The number of pyridine rings is 2. The van der Waals surface area contributed by atoms with Gasteiger partial charge in [-0.3, -0.25) is 19.2 Å². The Bertz CT molecular complexity index is 2300. The fraction of sp³-hybridized carbons (Fsp3) is 0.314. The molecule has 0 N–H and O–H groups in total. The molecule has 0 bridgehead atoms. The molecule has 5 heterocycles. The van der Waals surface area contributed by atoms with Gasteiger partial charge in [0.05, 0.1) is 53.1 Å². The van der Waals surface area contributed by atoms with Crippen LogP contribution in [-0.4, -0.2) is 76.4 Å². The van der Waals surface area contributed by atoms with Crippen molar-refractivity contribution in [2.24, 2.45) is 0 Å². The third-order valence-corrected chi connectivity index (χ3v) is 9.95. The first-order chi connectivity index (χ1) is 23.9. The van der Waals surface area contributed by atoms with Gasteiger partial charge >= 0.3 is 12.1 Å². The number of carbonyl (C=O) groups is 1. The van der Waals surface area contributed by atoms with Crippen molar-refractivity contribution < 1.29 is 22.7 Å². The third kappa shape index (κ3) is 6.87. The van der Waals surface area contributed by atoms with Crippen LogP contribution in [-0.2, 0) is 11.3 Å². The monoisotopic (exact) mass is 719 g/mol. The van der Waals surface area contributed by atoms with Gasteiger partial charge in [0.1, 0.15) is 23.3 Å². The van der Waals surface area contributed by atoms with Gasteiger partial charge in [-0.05, 0) is 44.0 Å². The van der Waals surface area contributed by atoms with Gasteiger partial charge < -0.3 is 9.64 Å². The molecular formula is C35H29ClF3N7O3S. The van der Waals surface area contributed by atoms with Crippen LogP contribution in [0.3, 0.4) is 0 Å². The number of halogens is 4. The van der Waals surface area contributed by atoms with Crippen LogP contribution in [0.1, 0.15) is 40.2 Å². The van der Waals surface area contributed by atoms with Gasteiger partial charge in [0, 0.05) is 59.5 Å². The Balaban J connectivity index is 1.32. The van der Waals surface area contributed by atoms with Crippen LogP contribution in [0, 0.1) is 30.1 Å². The minimum atomic E-state index is -4.27. The predicted molar refractivity (Wildman–Crippen MR) is 185 cm³/mol. The van der Waals surface area contributed by atoms with Gasteiger partial charge in [0.2, 0.25) is 0 Å². The second kappa shape index (κ2) is 14.1. The predicted octanol–water partition coefficient (Wildman–Crippen LogP) is 6.20. The van der Waals surface area contributed by atoms with Crippen LogP contribution in [0.5, 0.6) is 0 Å². The average Bonchev–Trinajstić information content (AvgIpc) is 3.53. The number of fused-ring (bicyclic) bond motifs is 2. The summed E-state index contributed by atoms with van der Waals surface area (Å²) in [7, 11) is 3.04. The van der Waals surface area contributed by atoms with Crippen molar-refractivity contribution in [1.82, 2.24) is 24.4 Å². The number of ether oxygens (including phenoxy) is 1. The van der Waals surface area contributed by atoms with Gasteiger partial charge in [-0.2, -0.15) is 18.4 Å². The Hall–Kier alpha value is -5.02. The molecule has 10 nitrogen and oxygen atoms in total. The maximum absolute atomic E-state index is 13.9. The van der Waals surface area contributed by atoms with Crippen LogP contribution in [0.4, 0.5) is 19.0 Å². The van der Waals surface area contributed by atoms with E-state index in [1.54, 1.807) is 48.6 Å². The molecule has 1 aliphatic heterocycles. The van der Waals surface area contributed by atoms with E-state index in [4.69, 9.17) is 16.3 Å². The van der Waals surface area contributed by atoms with E-state index in [0.29, 0.717) is 45.9 Å². The lowest BCUT2D eigenvalue weighted by molar-refractivity contribution is -0.147. The standard InChI is InChI=1S/C35H29ClF3N7O3S/c1-20-43-28-17-42-32(44(2)23-9-13-45(14-10-23)19-35(37,38)39)26(16-40)29(28)33(47)46(20)12-4-5-21-6-7-22(36)15-25(21)24-8-11-41-30-27(34(48)49-3)18-50-31(24)30/h6-8,11,15,17-18,23H,9-10,12-14,19H2,1-3H3. The van der Waals surface area contributed by atoms with E-state index in [2.05, 4.69) is 32.9 Å². The summed E-state index contributed by atoms with van der Waals surface area (Å²) in [6.45, 7) is 1.16. The van der Waals surface area contributed by atoms with Crippen molar-refractivity contribution in [3.8, 4) is 29.0 Å². The molecule has 15 heteroatoms. The molecule has 50 heavy (non-hydrogen) atoms. The second-order valence-corrected chi connectivity index (χ2v) is 13.1. The Kier molecular flexibility index (Phi) is 9.80. The highest BCUT2D eigenvalue weighted by atomic mass is 35.5. The molecule has 6 rings (SSSR count). The van der Waals surface area contributed by atoms with Gasteiger partial charge in [0.15, 0.2) is 0 Å². The minimum absolute atomic E-state index is 0.0387. The Labute approximate surface area is 293 Å². The molecule has 1 fully saturated rings. The number of likely N-dealkylation sites (tertiary alicyclic amines) is 1. The summed E-state index contributed by atoms with van der Waals surface area (Å²) in [5.74, 6) is 6.38. The van der Waals surface area contributed by atoms with E-state index in [0.717, 1.165) is 10.3 Å². The molecule has 1 saturated heterocycles. The number of aromatic nitrogens is 4. The maximum Gasteiger partial charge on any atom is 0.401 e. The zero-order valence-electron chi connectivity index (χ0n) is 27.1. The molecule has 1 aliphatic rings. The number of aryl methyl sites for hydroxylation is 1. The molecule has 0 radical (unpaired) electrons. The van der Waals surface area contributed by atoms with Crippen LogP contribution in [0.15, 0.2) is 46.8 Å². The molecule has 256 valence electrons. The van der Waals surface area contributed by atoms with Crippen molar-refractivity contribution in [2.75, 3.05) is 38.7 Å². The number of hydrogen-bond donors (Lipinski definition) is 0. The van der Waals surface area contributed by atoms with Crippen molar-refractivity contribution in [1.29, 1.82) is 5.26 Å². The zero-order chi connectivity index (χ0) is 35.7. The Morgan fingerprint density at radius 2 is 1.96 bits per heavy atom. The van der Waals surface area contributed by atoms with E-state index in [1.807, 2.05) is 6.07 Å². The first-order valence-electron chi connectivity index (χ1n) is 15.5. The number of thiophene rings is 1. The fourth-order valence-electron chi connectivity index (χ4n) is 6.22. The van der Waals surface area contributed by atoms with Crippen LogP contribution < -0.4 is 10.5 Å². The molecule has 1 aromatic carbocycles. The van der Waals surface area contributed by atoms with Gasteiger partial charge in [-0.15, -0.1) is 11.3 Å². The smallest absolute Gasteiger partial charge is 0.401 e. The van der Waals surface area contributed by atoms with E-state index in [9.17, 15) is 28.0 Å². The summed E-state index contributed by atoms with van der Waals surface area (Å²) >= 11 is 7.75. The number of nitriles is 1. The molecule has 0 unspecified atom stereocenters. The van der Waals surface area contributed by atoms with Gasteiger partial charge in [0.25, 0.3) is 5.56 Å². The molecule has 0 atom stereocenters. The van der Waals surface area contributed by atoms with Crippen LogP contribution in [0.2, 0.25) is 5.02 Å². The zero-order valence-corrected chi connectivity index (χ0v) is 28.7. The summed E-state index contributed by atoms with van der Waals surface area (Å²) in [6.07, 6.45) is -0.341. The number of carbonyl (C=O) groups excluding carboxylic acids is 1. The average molecular weight is 720 g/mol. The number of hydrogen-bond acceptors (Lipinski definition) is 10. The molecule has 0 saturated carbocycles. The maximum atomic E-state index is 13.9. The number of rotatable bonds is 6. The number of nitrogens with zero attached hydrogens (tertiary/aromatic N) is 7. The Morgan fingerprint density at radius 3 is 2.66 bits per heavy atom. The molecular weight excluding hydrogens is 691 g/mol. The second-order valence-electron chi connectivity index (χ2n) is 11.8. The summed E-state index contributed by atoms with van der Waals surface area (Å²) in [5, 5.41) is 12.5. The number of esters is 1. The number of benzene rings is 1. The highest BCUT2D eigenvalue weighted by Crippen LogP contribution is 2.37. The largest absolute Gasteiger partial charge is 0.465 e. The summed E-state index contributed by atoms with van der Waals surface area (Å²) in [6, 6.07) is 9.03. The summed E-state index contributed by atoms with van der Waals surface area (Å²) in [4.78, 5) is 42.8.